The van der Waals surface area contributed by atoms with Crippen molar-refractivity contribution in [3.63, 3.8) is 0 Å². The van der Waals surface area contributed by atoms with Gasteiger partial charge in [-0.25, -0.2) is 0 Å². The summed E-state index contributed by atoms with van der Waals surface area (Å²) in [4.78, 5) is 0. The van der Waals surface area contributed by atoms with Crippen LogP contribution in [0.4, 0.5) is 0 Å². The van der Waals surface area contributed by atoms with Gasteiger partial charge in [-0.3, -0.25) is 0 Å². The number of hydrogen-bond acceptors (Lipinski definition) is 0. The molecule has 0 radical (unpaired) electrons. The Morgan fingerprint density at radius 1 is 0.875 bits per heavy atom. The first-order valence-corrected chi connectivity index (χ1v) is 1.82. The van der Waals surface area contributed by atoms with Crippen molar-refractivity contribution in [3.8, 4) is 0 Å². The van der Waals surface area contributed by atoms with Gasteiger partial charge in [-0.05, 0) is 6.42 Å². The summed E-state index contributed by atoms with van der Waals surface area (Å²) in [5.41, 5.74) is 0. The molecule has 0 nitrogen and oxygen atoms in total. The normalized spacial score (nSPS) is 11.0. The third-order valence-corrected chi connectivity index (χ3v) is 0.655. The fourth-order valence-electron chi connectivity index (χ4n) is 0.393. The van der Waals surface area contributed by atoms with Crippen LogP contribution in [-0.2, 0) is 26.2 Å². The molecular weight excluding hydrogens is 222 g/mol. The molecule has 0 saturated carbocycles. The van der Waals surface area contributed by atoms with Crippen molar-refractivity contribution in [1.82, 2.24) is 0 Å². The SMILES string of the molecule is C1=CCC=C1.Cl.Cl.[Zr]. The third kappa shape index (κ3) is 6.94. The summed E-state index contributed by atoms with van der Waals surface area (Å²) < 4.78 is 0. The van der Waals surface area contributed by atoms with Crippen molar-refractivity contribution in [3.05, 3.63) is 24.3 Å². The molecule has 0 aromatic heterocycles. The van der Waals surface area contributed by atoms with Gasteiger partial charge in [0.2, 0.25) is 0 Å². The van der Waals surface area contributed by atoms with E-state index in [0.717, 1.165) is 6.42 Å². The first-order valence-electron chi connectivity index (χ1n) is 1.82. The largest absolute Gasteiger partial charge is 0.147 e. The molecule has 0 aromatic rings. The Hall–Kier alpha value is 0.943. The van der Waals surface area contributed by atoms with Gasteiger partial charge in [0, 0.05) is 26.2 Å². The predicted molar refractivity (Wildman–Crippen MR) is 37.4 cm³/mol. The van der Waals surface area contributed by atoms with E-state index in [9.17, 15) is 0 Å². The standard InChI is InChI=1S/C5H6.2ClH.Zr/c1-2-4-5-3-1;;;/h1-4H,5H2;2*1H;. The molecule has 0 amide bonds. The number of allylic oxidation sites excluding steroid dienone is 4. The molecule has 46 valence electrons. The molecule has 0 unspecified atom stereocenters. The van der Waals surface area contributed by atoms with Crippen LogP contribution in [0.15, 0.2) is 24.3 Å². The van der Waals surface area contributed by atoms with Crippen molar-refractivity contribution in [2.75, 3.05) is 0 Å². The number of hydrogen-bond donors (Lipinski definition) is 0. The van der Waals surface area contributed by atoms with Gasteiger partial charge >= 0.3 is 0 Å². The fourth-order valence-corrected chi connectivity index (χ4v) is 0.393. The van der Waals surface area contributed by atoms with Crippen LogP contribution in [0, 0.1) is 0 Å². The Labute approximate surface area is 81.4 Å². The zero-order valence-corrected chi connectivity index (χ0v) is 8.42. The van der Waals surface area contributed by atoms with Crippen molar-refractivity contribution >= 4 is 24.8 Å². The fraction of sp³-hybridized carbons (Fsp3) is 0.200. The van der Waals surface area contributed by atoms with E-state index in [1.54, 1.807) is 0 Å². The monoisotopic (exact) mass is 228 g/mol. The maximum atomic E-state index is 2.12. The third-order valence-electron chi connectivity index (χ3n) is 0.655. The van der Waals surface area contributed by atoms with E-state index in [1.807, 2.05) is 0 Å². The second-order valence-electron chi connectivity index (χ2n) is 1.09. The van der Waals surface area contributed by atoms with E-state index in [-0.39, 0.29) is 51.0 Å². The molecule has 1 aliphatic rings. The molecule has 3 heteroatoms. The summed E-state index contributed by atoms with van der Waals surface area (Å²) in [6, 6.07) is 0. The van der Waals surface area contributed by atoms with Gasteiger partial charge in [-0.15, -0.1) is 24.8 Å². The molecule has 0 spiro atoms. The predicted octanol–water partition coefficient (Wildman–Crippen LogP) is 2.34. The Bertz CT molecular complexity index is 68.5. The minimum absolute atomic E-state index is 0. The van der Waals surface area contributed by atoms with Crippen LogP contribution >= 0.6 is 24.8 Å². The van der Waals surface area contributed by atoms with Crippen LogP contribution in [-0.4, -0.2) is 0 Å². The minimum atomic E-state index is 0. The van der Waals surface area contributed by atoms with Gasteiger partial charge in [0.25, 0.3) is 0 Å². The molecule has 0 aromatic carbocycles. The first-order chi connectivity index (χ1) is 2.50. The van der Waals surface area contributed by atoms with Gasteiger partial charge in [0.15, 0.2) is 0 Å². The summed E-state index contributed by atoms with van der Waals surface area (Å²) in [6.07, 6.45) is 9.50. The first kappa shape index (κ1) is 16.0. The molecule has 1 aliphatic carbocycles. The Balaban J connectivity index is -0.0000000833. The maximum absolute atomic E-state index is 2.12. The van der Waals surface area contributed by atoms with Gasteiger partial charge in [0.05, 0.1) is 0 Å². The Morgan fingerprint density at radius 3 is 1.38 bits per heavy atom. The van der Waals surface area contributed by atoms with Gasteiger partial charge in [-0.2, -0.15) is 0 Å². The molecule has 0 bridgehead atoms. The zero-order chi connectivity index (χ0) is 3.54. The van der Waals surface area contributed by atoms with Crippen LogP contribution in [0.25, 0.3) is 0 Å². The van der Waals surface area contributed by atoms with Crippen LogP contribution in [0.5, 0.6) is 0 Å². The molecular formula is C5H8Cl2Zr. The molecule has 0 aliphatic heterocycles. The van der Waals surface area contributed by atoms with E-state index < -0.39 is 0 Å². The molecule has 0 heterocycles. The van der Waals surface area contributed by atoms with E-state index in [1.165, 1.54) is 0 Å². The molecule has 1 rings (SSSR count). The summed E-state index contributed by atoms with van der Waals surface area (Å²) in [5, 5.41) is 0. The van der Waals surface area contributed by atoms with E-state index >= 15 is 0 Å². The van der Waals surface area contributed by atoms with Crippen LogP contribution in [0.1, 0.15) is 6.42 Å². The van der Waals surface area contributed by atoms with Gasteiger partial charge in [0.1, 0.15) is 0 Å². The molecule has 8 heavy (non-hydrogen) atoms. The summed E-state index contributed by atoms with van der Waals surface area (Å²) >= 11 is 0. The van der Waals surface area contributed by atoms with Crippen molar-refractivity contribution in [2.45, 2.75) is 6.42 Å². The average Bonchev–Trinajstić information content (AvgIpc) is 1.76. The topological polar surface area (TPSA) is 0 Å². The Morgan fingerprint density at radius 2 is 1.25 bits per heavy atom. The van der Waals surface area contributed by atoms with Crippen molar-refractivity contribution in [1.29, 1.82) is 0 Å². The quantitative estimate of drug-likeness (QED) is 0.599. The molecule has 0 fully saturated rings. The molecule has 0 saturated heterocycles. The summed E-state index contributed by atoms with van der Waals surface area (Å²) in [7, 11) is 0. The molecule has 0 N–H and O–H groups in total. The van der Waals surface area contributed by atoms with Crippen LogP contribution in [0.3, 0.4) is 0 Å². The number of halogens is 2. The van der Waals surface area contributed by atoms with E-state index in [4.69, 9.17) is 0 Å². The van der Waals surface area contributed by atoms with E-state index in [2.05, 4.69) is 24.3 Å². The maximum Gasteiger partial charge on any atom is 0 e. The van der Waals surface area contributed by atoms with Crippen molar-refractivity contribution in [2.24, 2.45) is 0 Å². The second-order valence-corrected chi connectivity index (χ2v) is 1.09. The second kappa shape index (κ2) is 10.8. The van der Waals surface area contributed by atoms with Gasteiger partial charge in [-0.1, -0.05) is 24.3 Å². The van der Waals surface area contributed by atoms with Crippen molar-refractivity contribution < 1.29 is 26.2 Å². The van der Waals surface area contributed by atoms with E-state index in [0.29, 0.717) is 0 Å². The summed E-state index contributed by atoms with van der Waals surface area (Å²) in [5.74, 6) is 0. The smallest absolute Gasteiger partial charge is 0 e. The average molecular weight is 230 g/mol. The zero-order valence-electron chi connectivity index (χ0n) is 4.33. The molecule has 0 atom stereocenters. The minimum Gasteiger partial charge on any atom is -0.147 e. The number of rotatable bonds is 0. The van der Waals surface area contributed by atoms with Gasteiger partial charge < -0.3 is 0 Å². The summed E-state index contributed by atoms with van der Waals surface area (Å²) in [6.45, 7) is 0. The van der Waals surface area contributed by atoms with Crippen LogP contribution < -0.4 is 0 Å². The Kier molecular flexibility index (Phi) is 21.6. The van der Waals surface area contributed by atoms with Crippen LogP contribution in [0.2, 0.25) is 0 Å².